The number of allylic oxidation sites excluding steroid dienone is 1. The van der Waals surface area contributed by atoms with Crippen LogP contribution in [0.15, 0.2) is 77.3 Å². The summed E-state index contributed by atoms with van der Waals surface area (Å²) in [6.45, 7) is 2.76. The first-order chi connectivity index (χ1) is 14.1. The second-order valence-electron chi connectivity index (χ2n) is 6.88. The number of nitrogens with zero attached hydrogens (tertiary/aromatic N) is 2. The lowest BCUT2D eigenvalue weighted by Crippen LogP contribution is -2.01. The third-order valence-electron chi connectivity index (χ3n) is 5.11. The maximum absolute atomic E-state index is 14.3. The molecule has 0 aliphatic heterocycles. The lowest BCUT2D eigenvalue weighted by atomic mass is 10.0. The van der Waals surface area contributed by atoms with Crippen LogP contribution in [0.25, 0.3) is 22.6 Å². The van der Waals surface area contributed by atoms with Gasteiger partial charge in [0.05, 0.1) is 11.6 Å². The van der Waals surface area contributed by atoms with Crippen LogP contribution in [0.3, 0.4) is 0 Å². The van der Waals surface area contributed by atoms with Gasteiger partial charge >= 0.3 is 0 Å². The Balaban J connectivity index is 1.87. The van der Waals surface area contributed by atoms with E-state index in [1.54, 1.807) is 24.3 Å². The van der Waals surface area contributed by atoms with Crippen molar-refractivity contribution in [2.75, 3.05) is 0 Å². The lowest BCUT2D eigenvalue weighted by molar-refractivity contribution is 0.624. The summed E-state index contributed by atoms with van der Waals surface area (Å²) in [7, 11) is 0. The van der Waals surface area contributed by atoms with Gasteiger partial charge in [0.25, 0.3) is 0 Å². The van der Waals surface area contributed by atoms with Crippen molar-refractivity contribution in [3.05, 3.63) is 105 Å². The largest absolute Gasteiger partial charge is 0.340 e. The van der Waals surface area contributed by atoms with E-state index in [-0.39, 0.29) is 0 Å². The number of aromatic nitrogens is 1. The van der Waals surface area contributed by atoms with E-state index in [0.29, 0.717) is 11.1 Å². The molecule has 0 aliphatic carbocycles. The van der Waals surface area contributed by atoms with Crippen molar-refractivity contribution in [2.24, 2.45) is 0 Å². The molecule has 3 aromatic carbocycles. The summed E-state index contributed by atoms with van der Waals surface area (Å²) in [5, 5.41) is 10.7. The van der Waals surface area contributed by atoms with Crippen LogP contribution in [0, 0.1) is 24.1 Å². The monoisotopic (exact) mass is 444 g/mol. The van der Waals surface area contributed by atoms with Crippen LogP contribution in [0.1, 0.15) is 22.4 Å². The summed E-state index contributed by atoms with van der Waals surface area (Å²) in [5.74, 6) is -0.392. The molecule has 4 aromatic rings. The molecule has 0 saturated carbocycles. The number of halogens is 2. The highest BCUT2D eigenvalue weighted by Crippen LogP contribution is 2.31. The van der Waals surface area contributed by atoms with Crippen LogP contribution in [-0.2, 0) is 6.54 Å². The molecule has 0 fully saturated rings. The molecule has 1 heterocycles. The van der Waals surface area contributed by atoms with E-state index in [2.05, 4.69) is 44.8 Å². The molecule has 4 rings (SSSR count). The Morgan fingerprint density at radius 1 is 1.03 bits per heavy atom. The summed E-state index contributed by atoms with van der Waals surface area (Å²) >= 11 is 3.48. The van der Waals surface area contributed by atoms with Gasteiger partial charge in [0.2, 0.25) is 0 Å². The topological polar surface area (TPSA) is 28.7 Å². The Morgan fingerprint density at radius 2 is 1.72 bits per heavy atom. The maximum Gasteiger partial charge on any atom is 0.131 e. The number of fused-ring (bicyclic) bond motifs is 1. The molecule has 29 heavy (non-hydrogen) atoms. The predicted molar refractivity (Wildman–Crippen MR) is 120 cm³/mol. The number of nitriles is 1. The van der Waals surface area contributed by atoms with Crippen LogP contribution in [0.5, 0.6) is 0 Å². The van der Waals surface area contributed by atoms with Gasteiger partial charge in [-0.1, -0.05) is 64.5 Å². The number of hydrogen-bond donors (Lipinski definition) is 0. The number of benzene rings is 3. The molecule has 0 radical (unpaired) electrons. The Labute approximate surface area is 177 Å². The average Bonchev–Trinajstić information content (AvgIpc) is 3.00. The third-order valence-corrected chi connectivity index (χ3v) is 5.64. The zero-order chi connectivity index (χ0) is 20.4. The fourth-order valence-electron chi connectivity index (χ4n) is 3.61. The Bertz CT molecular complexity index is 1260. The molecule has 142 valence electrons. The molecular formula is C25H18BrFN2. The number of hydrogen-bond acceptors (Lipinski definition) is 1. The van der Waals surface area contributed by atoms with Crippen LogP contribution < -0.4 is 0 Å². The van der Waals surface area contributed by atoms with Gasteiger partial charge in [-0.15, -0.1) is 0 Å². The predicted octanol–water partition coefficient (Wildman–Crippen LogP) is 6.96. The molecule has 0 bridgehead atoms. The minimum absolute atomic E-state index is 0.317. The Hall–Kier alpha value is -3.16. The molecule has 4 heteroatoms. The summed E-state index contributed by atoms with van der Waals surface area (Å²) in [6, 6.07) is 24.9. The van der Waals surface area contributed by atoms with Crippen molar-refractivity contribution in [1.29, 1.82) is 5.26 Å². The highest BCUT2D eigenvalue weighted by atomic mass is 79.9. The van der Waals surface area contributed by atoms with Gasteiger partial charge in [-0.3, -0.25) is 0 Å². The highest BCUT2D eigenvalue weighted by molar-refractivity contribution is 9.10. The van der Waals surface area contributed by atoms with Crippen LogP contribution in [0.4, 0.5) is 4.39 Å². The molecule has 0 unspecified atom stereocenters. The van der Waals surface area contributed by atoms with E-state index in [0.717, 1.165) is 33.2 Å². The van der Waals surface area contributed by atoms with Crippen LogP contribution >= 0.6 is 15.9 Å². The third kappa shape index (κ3) is 3.74. The van der Waals surface area contributed by atoms with E-state index < -0.39 is 5.82 Å². The van der Waals surface area contributed by atoms with Crippen molar-refractivity contribution in [3.63, 3.8) is 0 Å². The number of para-hydroxylation sites is 1. The minimum atomic E-state index is -0.392. The van der Waals surface area contributed by atoms with Crippen LogP contribution in [-0.4, -0.2) is 4.57 Å². The minimum Gasteiger partial charge on any atom is -0.340 e. The summed E-state index contributed by atoms with van der Waals surface area (Å²) in [5.41, 5.74) is 4.89. The standard InChI is InChI=1S/C25H18BrFN2/c1-17-23(14-19(15-28)21-6-2-4-8-24(21)27)22-7-3-5-9-25(22)29(17)16-18-10-12-20(26)13-11-18/h2-14H,16H2,1H3/b19-14-. The zero-order valence-corrected chi connectivity index (χ0v) is 17.4. The van der Waals surface area contributed by atoms with E-state index in [9.17, 15) is 9.65 Å². The molecule has 2 nitrogen and oxygen atoms in total. The maximum atomic E-state index is 14.3. The smallest absolute Gasteiger partial charge is 0.131 e. The summed E-state index contributed by atoms with van der Waals surface area (Å²) in [4.78, 5) is 0. The molecular weight excluding hydrogens is 427 g/mol. The second-order valence-corrected chi connectivity index (χ2v) is 7.79. The molecule has 0 N–H and O–H groups in total. The van der Waals surface area contributed by atoms with E-state index in [1.807, 2.05) is 37.3 Å². The van der Waals surface area contributed by atoms with Crippen molar-refractivity contribution in [1.82, 2.24) is 4.57 Å². The first kappa shape index (κ1) is 19.2. The molecule has 0 saturated heterocycles. The highest BCUT2D eigenvalue weighted by Gasteiger charge is 2.15. The number of rotatable bonds is 4. The van der Waals surface area contributed by atoms with E-state index in [4.69, 9.17) is 0 Å². The van der Waals surface area contributed by atoms with Gasteiger partial charge in [-0.25, -0.2) is 4.39 Å². The van der Waals surface area contributed by atoms with Gasteiger partial charge < -0.3 is 4.57 Å². The van der Waals surface area contributed by atoms with Gasteiger partial charge in [-0.05, 0) is 42.8 Å². The van der Waals surface area contributed by atoms with Gasteiger partial charge in [0, 0.05) is 38.7 Å². The molecule has 0 spiro atoms. The molecule has 0 atom stereocenters. The SMILES string of the molecule is Cc1c(/C=C(/C#N)c2ccccc2F)c2ccccc2n1Cc1ccc(Br)cc1. The molecule has 1 aromatic heterocycles. The van der Waals surface area contributed by atoms with Gasteiger partial charge in [0.1, 0.15) is 5.82 Å². The van der Waals surface area contributed by atoms with E-state index in [1.165, 1.54) is 11.6 Å². The molecule has 0 amide bonds. The fourth-order valence-corrected chi connectivity index (χ4v) is 3.87. The first-order valence-corrected chi connectivity index (χ1v) is 10.1. The van der Waals surface area contributed by atoms with Gasteiger partial charge in [0.15, 0.2) is 0 Å². The first-order valence-electron chi connectivity index (χ1n) is 9.27. The zero-order valence-electron chi connectivity index (χ0n) is 15.9. The fraction of sp³-hybridized carbons (Fsp3) is 0.0800. The van der Waals surface area contributed by atoms with Crippen molar-refractivity contribution < 1.29 is 4.39 Å². The quantitative estimate of drug-likeness (QED) is 0.312. The Kier molecular flexibility index (Phi) is 5.33. The van der Waals surface area contributed by atoms with Gasteiger partial charge in [-0.2, -0.15) is 5.26 Å². The van der Waals surface area contributed by atoms with Crippen molar-refractivity contribution in [3.8, 4) is 6.07 Å². The van der Waals surface area contributed by atoms with Crippen molar-refractivity contribution in [2.45, 2.75) is 13.5 Å². The lowest BCUT2D eigenvalue weighted by Gasteiger charge is -2.09. The van der Waals surface area contributed by atoms with Crippen molar-refractivity contribution >= 4 is 38.5 Å². The normalized spacial score (nSPS) is 11.6. The van der Waals surface area contributed by atoms with E-state index >= 15 is 0 Å². The molecule has 0 aliphatic rings. The van der Waals surface area contributed by atoms with Crippen LogP contribution in [0.2, 0.25) is 0 Å². The summed E-state index contributed by atoms with van der Waals surface area (Å²) in [6.07, 6.45) is 1.80. The second kappa shape index (κ2) is 8.06. The Morgan fingerprint density at radius 3 is 2.45 bits per heavy atom. The average molecular weight is 445 g/mol. The summed E-state index contributed by atoms with van der Waals surface area (Å²) < 4.78 is 17.5.